The Labute approximate surface area is 125 Å². The van der Waals surface area contributed by atoms with Gasteiger partial charge in [0.25, 0.3) is 0 Å². The van der Waals surface area contributed by atoms with Gasteiger partial charge in [-0.1, -0.05) is 19.1 Å². The van der Waals surface area contributed by atoms with Gasteiger partial charge in [0.05, 0.1) is 6.10 Å². The summed E-state index contributed by atoms with van der Waals surface area (Å²) >= 11 is 0. The van der Waals surface area contributed by atoms with Crippen LogP contribution in [-0.4, -0.2) is 35.1 Å². The summed E-state index contributed by atoms with van der Waals surface area (Å²) in [5.74, 6) is 0.00311. The molecule has 0 aromatic heterocycles. The molecule has 1 amide bonds. The van der Waals surface area contributed by atoms with Crippen LogP contribution < -0.4 is 0 Å². The van der Waals surface area contributed by atoms with Crippen LogP contribution in [0.3, 0.4) is 0 Å². The second-order valence-corrected chi connectivity index (χ2v) is 6.14. The molecule has 2 rings (SSSR count). The molecule has 3 nitrogen and oxygen atoms in total. The predicted molar refractivity (Wildman–Crippen MR) is 80.4 cm³/mol. The van der Waals surface area contributed by atoms with Gasteiger partial charge in [0, 0.05) is 25.4 Å². The number of hydrogen-bond acceptors (Lipinski definition) is 2. The highest BCUT2D eigenvalue weighted by molar-refractivity contribution is 5.77. The van der Waals surface area contributed by atoms with Gasteiger partial charge >= 0.3 is 0 Å². The number of rotatable bonds is 4. The number of amides is 1. The molecule has 0 bridgehead atoms. The molecule has 0 radical (unpaired) electrons. The fourth-order valence-corrected chi connectivity index (χ4v) is 2.95. The molecule has 3 atom stereocenters. The molecule has 0 saturated carbocycles. The maximum absolute atomic E-state index is 13.2. The molecule has 0 aliphatic carbocycles. The smallest absolute Gasteiger partial charge is 0.223 e. The Balaban J connectivity index is 1.94. The van der Waals surface area contributed by atoms with E-state index in [1.54, 1.807) is 13.0 Å². The highest BCUT2D eigenvalue weighted by Crippen LogP contribution is 2.24. The first kappa shape index (κ1) is 16.0. The minimum Gasteiger partial charge on any atom is -0.393 e. The van der Waals surface area contributed by atoms with Crippen molar-refractivity contribution in [1.82, 2.24) is 4.90 Å². The van der Waals surface area contributed by atoms with Crippen molar-refractivity contribution in [3.8, 4) is 0 Å². The number of benzene rings is 1. The molecule has 1 saturated heterocycles. The van der Waals surface area contributed by atoms with Crippen LogP contribution in [0, 0.1) is 11.7 Å². The van der Waals surface area contributed by atoms with E-state index in [1.807, 2.05) is 17.9 Å². The van der Waals surface area contributed by atoms with Crippen molar-refractivity contribution in [3.63, 3.8) is 0 Å². The maximum atomic E-state index is 13.2. The molecular formula is C17H24FNO2. The number of nitrogens with zero attached hydrogens (tertiary/aromatic N) is 1. The van der Waals surface area contributed by atoms with Gasteiger partial charge in [-0.3, -0.25) is 4.79 Å². The third kappa shape index (κ3) is 4.27. The van der Waals surface area contributed by atoms with E-state index in [1.165, 1.54) is 12.1 Å². The highest BCUT2D eigenvalue weighted by atomic mass is 19.1. The van der Waals surface area contributed by atoms with E-state index in [0.29, 0.717) is 13.0 Å². The van der Waals surface area contributed by atoms with Gasteiger partial charge in [0.15, 0.2) is 0 Å². The van der Waals surface area contributed by atoms with Crippen molar-refractivity contribution in [1.29, 1.82) is 0 Å². The van der Waals surface area contributed by atoms with Gasteiger partial charge in [0.2, 0.25) is 5.91 Å². The SMILES string of the molecule is CC(CC(=O)N1CCCC(C(C)O)C1)c1cccc(F)c1. The predicted octanol–water partition coefficient (Wildman–Crippen LogP) is 2.94. The number of likely N-dealkylation sites (tertiary alicyclic amines) is 1. The summed E-state index contributed by atoms with van der Waals surface area (Å²) in [5, 5.41) is 9.69. The third-order valence-electron chi connectivity index (χ3n) is 4.39. The van der Waals surface area contributed by atoms with Crippen LogP contribution in [0.15, 0.2) is 24.3 Å². The lowest BCUT2D eigenvalue weighted by Gasteiger charge is -2.34. The Morgan fingerprint density at radius 1 is 1.48 bits per heavy atom. The van der Waals surface area contributed by atoms with Crippen molar-refractivity contribution in [2.75, 3.05) is 13.1 Å². The molecule has 116 valence electrons. The highest BCUT2D eigenvalue weighted by Gasteiger charge is 2.27. The molecule has 1 heterocycles. The van der Waals surface area contributed by atoms with Crippen LogP contribution in [0.2, 0.25) is 0 Å². The van der Waals surface area contributed by atoms with E-state index >= 15 is 0 Å². The minimum absolute atomic E-state index is 0.000117. The zero-order valence-electron chi connectivity index (χ0n) is 12.8. The fourth-order valence-electron chi connectivity index (χ4n) is 2.95. The summed E-state index contributed by atoms with van der Waals surface area (Å²) in [4.78, 5) is 14.2. The molecule has 1 fully saturated rings. The average Bonchev–Trinajstić information content (AvgIpc) is 2.47. The number of hydrogen-bond donors (Lipinski definition) is 1. The quantitative estimate of drug-likeness (QED) is 0.927. The minimum atomic E-state index is -0.374. The maximum Gasteiger partial charge on any atom is 0.223 e. The van der Waals surface area contributed by atoms with Gasteiger partial charge in [0.1, 0.15) is 5.82 Å². The van der Waals surface area contributed by atoms with Gasteiger partial charge in [-0.2, -0.15) is 0 Å². The van der Waals surface area contributed by atoms with Crippen molar-refractivity contribution >= 4 is 5.91 Å². The lowest BCUT2D eigenvalue weighted by atomic mass is 9.92. The Hall–Kier alpha value is -1.42. The Kier molecular flexibility index (Phi) is 5.34. The Morgan fingerprint density at radius 3 is 2.90 bits per heavy atom. The molecule has 1 aliphatic heterocycles. The second-order valence-electron chi connectivity index (χ2n) is 6.14. The number of aliphatic hydroxyl groups excluding tert-OH is 1. The van der Waals surface area contributed by atoms with Gasteiger partial charge in [-0.05, 0) is 43.4 Å². The molecule has 1 N–H and O–H groups in total. The lowest BCUT2D eigenvalue weighted by Crippen LogP contribution is -2.43. The molecule has 1 aliphatic rings. The van der Waals surface area contributed by atoms with Crippen LogP contribution >= 0.6 is 0 Å². The number of carbonyl (C=O) groups is 1. The zero-order chi connectivity index (χ0) is 15.4. The van der Waals surface area contributed by atoms with E-state index in [2.05, 4.69) is 0 Å². The van der Waals surface area contributed by atoms with E-state index < -0.39 is 0 Å². The first-order valence-electron chi connectivity index (χ1n) is 7.68. The van der Waals surface area contributed by atoms with Crippen molar-refractivity contribution in [2.45, 2.75) is 45.1 Å². The summed E-state index contributed by atoms with van der Waals surface area (Å²) < 4.78 is 13.2. The molecule has 1 aromatic rings. The van der Waals surface area contributed by atoms with Gasteiger partial charge in [-0.25, -0.2) is 4.39 Å². The van der Waals surface area contributed by atoms with Crippen LogP contribution in [0.4, 0.5) is 4.39 Å². The fraction of sp³-hybridized carbons (Fsp3) is 0.588. The Bertz CT molecular complexity index is 489. The lowest BCUT2D eigenvalue weighted by molar-refractivity contribution is -0.134. The Morgan fingerprint density at radius 2 is 2.24 bits per heavy atom. The normalized spacial score (nSPS) is 21.9. The molecule has 0 spiro atoms. The largest absolute Gasteiger partial charge is 0.393 e. The van der Waals surface area contributed by atoms with E-state index in [0.717, 1.165) is 24.9 Å². The summed E-state index contributed by atoms with van der Waals surface area (Å²) in [6, 6.07) is 6.44. The van der Waals surface area contributed by atoms with E-state index in [9.17, 15) is 14.3 Å². The topological polar surface area (TPSA) is 40.5 Å². The number of aliphatic hydroxyl groups is 1. The summed E-state index contributed by atoms with van der Waals surface area (Å²) in [6.45, 7) is 5.13. The van der Waals surface area contributed by atoms with E-state index in [-0.39, 0.29) is 29.7 Å². The van der Waals surface area contributed by atoms with Crippen LogP contribution in [0.5, 0.6) is 0 Å². The summed E-state index contributed by atoms with van der Waals surface area (Å²) in [6.07, 6.45) is 1.92. The number of piperidine rings is 1. The average molecular weight is 293 g/mol. The third-order valence-corrected chi connectivity index (χ3v) is 4.39. The van der Waals surface area contributed by atoms with Crippen molar-refractivity contribution < 1.29 is 14.3 Å². The number of halogens is 1. The molecule has 1 aromatic carbocycles. The zero-order valence-corrected chi connectivity index (χ0v) is 12.8. The van der Waals surface area contributed by atoms with Gasteiger partial charge in [-0.15, -0.1) is 0 Å². The number of carbonyl (C=O) groups excluding carboxylic acids is 1. The first-order chi connectivity index (χ1) is 9.97. The summed E-state index contributed by atoms with van der Waals surface area (Å²) in [7, 11) is 0. The van der Waals surface area contributed by atoms with Crippen LogP contribution in [0.1, 0.15) is 44.6 Å². The van der Waals surface area contributed by atoms with Crippen LogP contribution in [0.25, 0.3) is 0 Å². The molecular weight excluding hydrogens is 269 g/mol. The van der Waals surface area contributed by atoms with E-state index in [4.69, 9.17) is 0 Å². The first-order valence-corrected chi connectivity index (χ1v) is 7.68. The molecule has 4 heteroatoms. The molecule has 3 unspecified atom stereocenters. The summed E-state index contributed by atoms with van der Waals surface area (Å²) in [5.41, 5.74) is 0.854. The standard InChI is InChI=1S/C17H24FNO2/c1-12(14-5-3-7-16(18)10-14)9-17(21)19-8-4-6-15(11-19)13(2)20/h3,5,7,10,12-13,15,20H,4,6,8-9,11H2,1-2H3. The second kappa shape index (κ2) is 7.03. The van der Waals surface area contributed by atoms with Crippen molar-refractivity contribution in [3.05, 3.63) is 35.6 Å². The van der Waals surface area contributed by atoms with Crippen LogP contribution in [-0.2, 0) is 4.79 Å². The molecule has 21 heavy (non-hydrogen) atoms. The monoisotopic (exact) mass is 293 g/mol. The van der Waals surface area contributed by atoms with Gasteiger partial charge < -0.3 is 10.0 Å². The van der Waals surface area contributed by atoms with Crippen molar-refractivity contribution in [2.24, 2.45) is 5.92 Å².